The predicted octanol–water partition coefficient (Wildman–Crippen LogP) is 0.409. The maximum Gasteiger partial charge on any atom is 0.254 e. The van der Waals surface area contributed by atoms with Gasteiger partial charge in [0.05, 0.1) is 0 Å². The molecule has 90 valence electrons. The van der Waals surface area contributed by atoms with E-state index in [0.717, 1.165) is 0 Å². The molecule has 2 N–H and O–H groups in total. The van der Waals surface area contributed by atoms with E-state index in [1.54, 1.807) is 0 Å². The molecular formula is C11H19N3O2. The molecule has 2 aliphatic heterocycles. The molecule has 2 heterocycles. The van der Waals surface area contributed by atoms with E-state index in [2.05, 4.69) is 15.6 Å². The van der Waals surface area contributed by atoms with Crippen LogP contribution in [-0.2, 0) is 9.53 Å². The van der Waals surface area contributed by atoms with Crippen molar-refractivity contribution < 1.29 is 9.53 Å². The molecule has 0 aliphatic carbocycles. The lowest BCUT2D eigenvalue weighted by atomic mass is 9.91. The number of nitrogens with zero attached hydrogens (tertiary/aromatic N) is 1. The molecule has 0 bridgehead atoms. The van der Waals surface area contributed by atoms with E-state index in [9.17, 15) is 4.79 Å². The summed E-state index contributed by atoms with van der Waals surface area (Å²) >= 11 is 0. The van der Waals surface area contributed by atoms with Crippen molar-refractivity contribution in [2.24, 2.45) is 4.99 Å². The van der Waals surface area contributed by atoms with Crippen LogP contribution >= 0.6 is 0 Å². The van der Waals surface area contributed by atoms with Gasteiger partial charge in [0, 0.05) is 31.6 Å². The molecule has 0 radical (unpaired) electrons. The number of guanidine groups is 1. The normalized spacial score (nSPS) is 24.2. The first-order chi connectivity index (χ1) is 7.41. The average Bonchev–Trinajstić information content (AvgIpc) is 2.41. The summed E-state index contributed by atoms with van der Waals surface area (Å²) in [6, 6.07) is 0. The summed E-state index contributed by atoms with van der Waals surface area (Å²) in [6.07, 6.45) is 1.35. The molecule has 0 aromatic carbocycles. The molecule has 2 aliphatic rings. The van der Waals surface area contributed by atoms with E-state index in [1.807, 2.05) is 20.8 Å². The summed E-state index contributed by atoms with van der Waals surface area (Å²) in [5.41, 5.74) is -0.672. The summed E-state index contributed by atoms with van der Waals surface area (Å²) in [4.78, 5) is 16.4. The standard InChI is InChI=1S/C11H19N3O2/c1-10(2,3)13-9-12-8(15)11(14-9)4-6-16-7-5-11/h4-7H2,1-3H3,(H2,12,13,14,15). The van der Waals surface area contributed by atoms with Crippen molar-refractivity contribution in [1.82, 2.24) is 10.6 Å². The first-order valence-corrected chi connectivity index (χ1v) is 5.69. The fourth-order valence-electron chi connectivity index (χ4n) is 1.98. The SMILES string of the molecule is CC(C)(C)NC1=NC2(CCOCC2)C(=O)N1. The highest BCUT2D eigenvalue weighted by atomic mass is 16.5. The Morgan fingerprint density at radius 1 is 1.38 bits per heavy atom. The second kappa shape index (κ2) is 3.73. The molecule has 0 atom stereocenters. The van der Waals surface area contributed by atoms with E-state index in [1.165, 1.54) is 0 Å². The van der Waals surface area contributed by atoms with E-state index >= 15 is 0 Å². The molecule has 5 heteroatoms. The van der Waals surface area contributed by atoms with Crippen molar-refractivity contribution in [3.63, 3.8) is 0 Å². The number of amides is 1. The van der Waals surface area contributed by atoms with Gasteiger partial charge in [0.2, 0.25) is 0 Å². The Kier molecular flexibility index (Phi) is 2.66. The summed E-state index contributed by atoms with van der Waals surface area (Å²) in [7, 11) is 0. The van der Waals surface area contributed by atoms with Crippen molar-refractivity contribution in [1.29, 1.82) is 0 Å². The van der Waals surface area contributed by atoms with E-state index in [4.69, 9.17) is 4.74 Å². The van der Waals surface area contributed by atoms with Gasteiger partial charge in [-0.25, -0.2) is 4.99 Å². The highest BCUT2D eigenvalue weighted by molar-refractivity contribution is 6.07. The van der Waals surface area contributed by atoms with Gasteiger partial charge in [-0.3, -0.25) is 10.1 Å². The van der Waals surface area contributed by atoms with Crippen molar-refractivity contribution in [3.8, 4) is 0 Å². The van der Waals surface area contributed by atoms with Gasteiger partial charge in [-0.2, -0.15) is 0 Å². The topological polar surface area (TPSA) is 62.7 Å². The van der Waals surface area contributed by atoms with Gasteiger partial charge in [-0.05, 0) is 20.8 Å². The summed E-state index contributed by atoms with van der Waals surface area (Å²) < 4.78 is 5.27. The number of rotatable bonds is 0. The quantitative estimate of drug-likeness (QED) is 0.627. The van der Waals surface area contributed by atoms with Crippen LogP contribution in [0.5, 0.6) is 0 Å². The molecule has 0 aromatic heterocycles. The molecule has 0 unspecified atom stereocenters. The van der Waals surface area contributed by atoms with Crippen LogP contribution < -0.4 is 10.6 Å². The maximum absolute atomic E-state index is 11.9. The van der Waals surface area contributed by atoms with Gasteiger partial charge in [-0.15, -0.1) is 0 Å². The van der Waals surface area contributed by atoms with Gasteiger partial charge in [0.1, 0.15) is 5.54 Å². The third-order valence-electron chi connectivity index (χ3n) is 2.79. The highest BCUT2D eigenvalue weighted by Crippen LogP contribution is 2.28. The number of nitrogens with one attached hydrogen (secondary N) is 2. The molecule has 2 rings (SSSR count). The van der Waals surface area contributed by atoms with Crippen molar-refractivity contribution in [3.05, 3.63) is 0 Å². The van der Waals surface area contributed by atoms with E-state index in [-0.39, 0.29) is 11.4 Å². The Morgan fingerprint density at radius 2 is 2.00 bits per heavy atom. The monoisotopic (exact) mass is 225 g/mol. The molecule has 1 amide bonds. The van der Waals surface area contributed by atoms with Gasteiger partial charge in [-0.1, -0.05) is 0 Å². The highest BCUT2D eigenvalue weighted by Gasteiger charge is 2.45. The Bertz CT molecular complexity index is 325. The van der Waals surface area contributed by atoms with Crippen molar-refractivity contribution in [2.45, 2.75) is 44.7 Å². The fraction of sp³-hybridized carbons (Fsp3) is 0.818. The number of aliphatic imine (C=N–C) groups is 1. The summed E-state index contributed by atoms with van der Waals surface area (Å²) in [5, 5.41) is 6.01. The molecule has 5 nitrogen and oxygen atoms in total. The number of carbonyl (C=O) groups excluding carboxylic acids is 1. The lowest BCUT2D eigenvalue weighted by Gasteiger charge is -2.27. The number of ether oxygens (including phenoxy) is 1. The zero-order valence-corrected chi connectivity index (χ0v) is 10.1. The van der Waals surface area contributed by atoms with E-state index < -0.39 is 5.54 Å². The molecule has 0 saturated carbocycles. The fourth-order valence-corrected chi connectivity index (χ4v) is 1.98. The number of carbonyl (C=O) groups is 1. The largest absolute Gasteiger partial charge is 0.381 e. The lowest BCUT2D eigenvalue weighted by Crippen LogP contribution is -2.48. The zero-order chi connectivity index (χ0) is 11.8. The molecule has 1 saturated heterocycles. The molecule has 1 spiro atoms. The van der Waals surface area contributed by atoms with E-state index in [0.29, 0.717) is 32.0 Å². The first kappa shape index (κ1) is 11.4. The van der Waals surface area contributed by atoms with Crippen LogP contribution in [-0.4, -0.2) is 36.2 Å². The Morgan fingerprint density at radius 3 is 2.56 bits per heavy atom. The van der Waals surface area contributed by atoms with Crippen LogP contribution in [0.2, 0.25) is 0 Å². The van der Waals surface area contributed by atoms with Crippen LogP contribution in [0.3, 0.4) is 0 Å². The molecule has 1 fully saturated rings. The third-order valence-corrected chi connectivity index (χ3v) is 2.79. The van der Waals surface area contributed by atoms with Gasteiger partial charge >= 0.3 is 0 Å². The molecule has 16 heavy (non-hydrogen) atoms. The zero-order valence-electron chi connectivity index (χ0n) is 10.1. The Hall–Kier alpha value is -1.10. The minimum Gasteiger partial charge on any atom is -0.381 e. The average molecular weight is 225 g/mol. The van der Waals surface area contributed by atoms with Crippen LogP contribution in [0.15, 0.2) is 4.99 Å². The second-order valence-corrected chi connectivity index (χ2v) is 5.43. The molecular weight excluding hydrogens is 206 g/mol. The minimum atomic E-state index is -0.578. The van der Waals surface area contributed by atoms with Gasteiger partial charge < -0.3 is 10.1 Å². The maximum atomic E-state index is 11.9. The van der Waals surface area contributed by atoms with Crippen LogP contribution in [0.1, 0.15) is 33.6 Å². The Labute approximate surface area is 95.6 Å². The third kappa shape index (κ3) is 2.19. The van der Waals surface area contributed by atoms with Gasteiger partial charge in [0.15, 0.2) is 5.96 Å². The van der Waals surface area contributed by atoms with Crippen LogP contribution in [0.25, 0.3) is 0 Å². The number of hydrogen-bond donors (Lipinski definition) is 2. The minimum absolute atomic E-state index is 0.00236. The van der Waals surface area contributed by atoms with Crippen LogP contribution in [0.4, 0.5) is 0 Å². The predicted molar refractivity (Wildman–Crippen MR) is 61.3 cm³/mol. The summed E-state index contributed by atoms with van der Waals surface area (Å²) in [5.74, 6) is 0.599. The van der Waals surface area contributed by atoms with Crippen LogP contribution in [0, 0.1) is 0 Å². The Balaban J connectivity index is 2.13. The summed E-state index contributed by atoms with van der Waals surface area (Å²) in [6.45, 7) is 7.34. The second-order valence-electron chi connectivity index (χ2n) is 5.43. The van der Waals surface area contributed by atoms with Gasteiger partial charge in [0.25, 0.3) is 5.91 Å². The lowest BCUT2D eigenvalue weighted by molar-refractivity contribution is -0.126. The first-order valence-electron chi connectivity index (χ1n) is 5.69. The smallest absolute Gasteiger partial charge is 0.254 e. The molecule has 0 aromatic rings. The van der Waals surface area contributed by atoms with Crippen molar-refractivity contribution >= 4 is 11.9 Å². The number of hydrogen-bond acceptors (Lipinski definition) is 4. The van der Waals surface area contributed by atoms with Crippen molar-refractivity contribution in [2.75, 3.05) is 13.2 Å².